The van der Waals surface area contributed by atoms with E-state index in [9.17, 15) is 4.79 Å². The molecule has 3 rings (SSSR count). The number of anilines is 2. The third kappa shape index (κ3) is 3.34. The number of carbonyl (C=O) groups excluding carboxylic acids is 1. The fourth-order valence-corrected chi connectivity index (χ4v) is 2.07. The molecule has 0 saturated heterocycles. The standard InChI is InChI=1S/C16H16N6O/c1-11-4-3-5-14(12(11)2)21-16(23)20-13-8-18-15(19-9-13)22-7-6-17-10-22/h3-10H,1-2H3,(H2,20,21,23). The Morgan fingerprint density at radius 1 is 1.13 bits per heavy atom. The van der Waals surface area contributed by atoms with Crippen LogP contribution in [0.5, 0.6) is 0 Å². The van der Waals surface area contributed by atoms with Crippen LogP contribution in [0.4, 0.5) is 16.2 Å². The van der Waals surface area contributed by atoms with Crippen molar-refractivity contribution in [3.63, 3.8) is 0 Å². The predicted octanol–water partition coefficient (Wildman–Crippen LogP) is 2.92. The van der Waals surface area contributed by atoms with Gasteiger partial charge in [0.15, 0.2) is 0 Å². The highest BCUT2D eigenvalue weighted by molar-refractivity contribution is 6.00. The van der Waals surface area contributed by atoms with Gasteiger partial charge in [-0.3, -0.25) is 4.57 Å². The summed E-state index contributed by atoms with van der Waals surface area (Å²) < 4.78 is 1.68. The Bertz CT molecular complexity index is 811. The number of carbonyl (C=O) groups is 1. The van der Waals surface area contributed by atoms with E-state index >= 15 is 0 Å². The van der Waals surface area contributed by atoms with E-state index in [1.54, 1.807) is 35.7 Å². The number of rotatable bonds is 3. The largest absolute Gasteiger partial charge is 0.323 e. The Balaban J connectivity index is 1.67. The molecule has 0 fully saturated rings. The van der Waals surface area contributed by atoms with E-state index in [0.29, 0.717) is 11.6 Å². The third-order valence-corrected chi connectivity index (χ3v) is 3.48. The molecular formula is C16H16N6O. The Morgan fingerprint density at radius 2 is 1.91 bits per heavy atom. The Kier molecular flexibility index (Phi) is 4.01. The van der Waals surface area contributed by atoms with Crippen molar-refractivity contribution in [3.8, 4) is 5.95 Å². The summed E-state index contributed by atoms with van der Waals surface area (Å²) in [6, 6.07) is 5.43. The van der Waals surface area contributed by atoms with Gasteiger partial charge in [0.1, 0.15) is 6.33 Å². The van der Waals surface area contributed by atoms with Crippen LogP contribution in [-0.4, -0.2) is 25.6 Å². The molecule has 116 valence electrons. The van der Waals surface area contributed by atoms with E-state index in [4.69, 9.17) is 0 Å². The topological polar surface area (TPSA) is 84.7 Å². The van der Waals surface area contributed by atoms with Crippen LogP contribution >= 0.6 is 0 Å². The number of benzene rings is 1. The van der Waals surface area contributed by atoms with Gasteiger partial charge in [0.25, 0.3) is 0 Å². The van der Waals surface area contributed by atoms with Gasteiger partial charge >= 0.3 is 6.03 Å². The van der Waals surface area contributed by atoms with Crippen LogP contribution < -0.4 is 10.6 Å². The van der Waals surface area contributed by atoms with Crippen LogP contribution in [0, 0.1) is 13.8 Å². The second-order valence-corrected chi connectivity index (χ2v) is 5.07. The van der Waals surface area contributed by atoms with E-state index < -0.39 is 0 Å². The molecule has 0 aliphatic carbocycles. The molecule has 7 nitrogen and oxygen atoms in total. The summed E-state index contributed by atoms with van der Waals surface area (Å²) in [7, 11) is 0. The number of aromatic nitrogens is 4. The normalized spacial score (nSPS) is 10.3. The van der Waals surface area contributed by atoms with Crippen LogP contribution in [0.25, 0.3) is 5.95 Å². The summed E-state index contributed by atoms with van der Waals surface area (Å²) in [6.07, 6.45) is 8.09. The summed E-state index contributed by atoms with van der Waals surface area (Å²) in [4.78, 5) is 24.4. The molecule has 0 radical (unpaired) electrons. The van der Waals surface area contributed by atoms with Gasteiger partial charge in [-0.1, -0.05) is 12.1 Å². The first-order chi connectivity index (χ1) is 11.1. The van der Waals surface area contributed by atoms with E-state index in [0.717, 1.165) is 16.8 Å². The Hall–Kier alpha value is -3.22. The molecule has 0 bridgehead atoms. The highest BCUT2D eigenvalue weighted by atomic mass is 16.2. The molecule has 0 unspecified atom stereocenters. The molecule has 2 aromatic heterocycles. The molecule has 0 saturated carbocycles. The quantitative estimate of drug-likeness (QED) is 0.779. The first-order valence-electron chi connectivity index (χ1n) is 7.08. The van der Waals surface area contributed by atoms with Crippen molar-refractivity contribution in [3.05, 3.63) is 60.4 Å². The van der Waals surface area contributed by atoms with Gasteiger partial charge in [-0.2, -0.15) is 0 Å². The zero-order valence-electron chi connectivity index (χ0n) is 12.8. The van der Waals surface area contributed by atoms with Crippen LogP contribution in [0.2, 0.25) is 0 Å². The van der Waals surface area contributed by atoms with Crippen LogP contribution in [0.1, 0.15) is 11.1 Å². The lowest BCUT2D eigenvalue weighted by molar-refractivity contribution is 0.262. The molecule has 0 spiro atoms. The second-order valence-electron chi connectivity index (χ2n) is 5.07. The van der Waals surface area contributed by atoms with E-state index in [1.165, 1.54) is 0 Å². The lowest BCUT2D eigenvalue weighted by Gasteiger charge is -2.11. The molecule has 2 heterocycles. The lowest BCUT2D eigenvalue weighted by Crippen LogP contribution is -2.20. The fourth-order valence-electron chi connectivity index (χ4n) is 2.07. The van der Waals surface area contributed by atoms with Crippen molar-refractivity contribution >= 4 is 17.4 Å². The summed E-state index contributed by atoms with van der Waals surface area (Å²) in [5.41, 5.74) is 3.44. The molecule has 2 amide bonds. The molecule has 1 aromatic carbocycles. The summed E-state index contributed by atoms with van der Waals surface area (Å²) in [5, 5.41) is 5.53. The van der Waals surface area contributed by atoms with Gasteiger partial charge in [-0.15, -0.1) is 0 Å². The van der Waals surface area contributed by atoms with Gasteiger partial charge in [-0.05, 0) is 31.0 Å². The minimum absolute atomic E-state index is 0.335. The second kappa shape index (κ2) is 6.27. The van der Waals surface area contributed by atoms with Crippen molar-refractivity contribution < 1.29 is 4.79 Å². The first kappa shape index (κ1) is 14.7. The lowest BCUT2D eigenvalue weighted by atomic mass is 10.1. The van der Waals surface area contributed by atoms with Crippen molar-refractivity contribution in [2.45, 2.75) is 13.8 Å². The first-order valence-corrected chi connectivity index (χ1v) is 7.08. The number of hydrogen-bond donors (Lipinski definition) is 2. The number of aryl methyl sites for hydroxylation is 1. The minimum Gasteiger partial charge on any atom is -0.307 e. The summed E-state index contributed by atoms with van der Waals surface area (Å²) in [5.74, 6) is 0.489. The molecule has 0 aliphatic heterocycles. The summed E-state index contributed by atoms with van der Waals surface area (Å²) >= 11 is 0. The molecule has 3 aromatic rings. The number of hydrogen-bond acceptors (Lipinski definition) is 4. The van der Waals surface area contributed by atoms with Gasteiger partial charge in [0, 0.05) is 18.1 Å². The number of nitrogens with one attached hydrogen (secondary N) is 2. The Morgan fingerprint density at radius 3 is 2.61 bits per heavy atom. The number of urea groups is 1. The number of amides is 2. The van der Waals surface area contributed by atoms with E-state index in [-0.39, 0.29) is 6.03 Å². The van der Waals surface area contributed by atoms with Crippen LogP contribution in [-0.2, 0) is 0 Å². The average Bonchev–Trinajstić information content (AvgIpc) is 3.07. The predicted molar refractivity (Wildman–Crippen MR) is 87.7 cm³/mol. The van der Waals surface area contributed by atoms with Crippen molar-refractivity contribution in [1.82, 2.24) is 19.5 Å². The smallest absolute Gasteiger partial charge is 0.307 e. The van der Waals surface area contributed by atoms with Crippen molar-refractivity contribution in [2.75, 3.05) is 10.6 Å². The molecule has 23 heavy (non-hydrogen) atoms. The zero-order chi connectivity index (χ0) is 16.2. The molecule has 7 heteroatoms. The van der Waals surface area contributed by atoms with E-state index in [2.05, 4.69) is 25.6 Å². The van der Waals surface area contributed by atoms with Crippen LogP contribution in [0.15, 0.2) is 49.3 Å². The zero-order valence-corrected chi connectivity index (χ0v) is 12.8. The van der Waals surface area contributed by atoms with Crippen molar-refractivity contribution in [1.29, 1.82) is 0 Å². The number of imidazole rings is 1. The Labute approximate surface area is 133 Å². The van der Waals surface area contributed by atoms with Gasteiger partial charge in [0.2, 0.25) is 5.95 Å². The third-order valence-electron chi connectivity index (χ3n) is 3.48. The van der Waals surface area contributed by atoms with Gasteiger partial charge in [-0.25, -0.2) is 19.7 Å². The molecule has 0 atom stereocenters. The highest BCUT2D eigenvalue weighted by Gasteiger charge is 2.07. The minimum atomic E-state index is -0.335. The average molecular weight is 308 g/mol. The highest BCUT2D eigenvalue weighted by Crippen LogP contribution is 2.18. The molecule has 2 N–H and O–H groups in total. The summed E-state index contributed by atoms with van der Waals surface area (Å²) in [6.45, 7) is 3.97. The van der Waals surface area contributed by atoms with Gasteiger partial charge in [0.05, 0.1) is 18.1 Å². The van der Waals surface area contributed by atoms with Crippen molar-refractivity contribution in [2.24, 2.45) is 0 Å². The maximum absolute atomic E-state index is 12.1. The monoisotopic (exact) mass is 308 g/mol. The molecule has 0 aliphatic rings. The molecular weight excluding hydrogens is 292 g/mol. The maximum atomic E-state index is 12.1. The fraction of sp³-hybridized carbons (Fsp3) is 0.125. The maximum Gasteiger partial charge on any atom is 0.323 e. The van der Waals surface area contributed by atoms with E-state index in [1.807, 2.05) is 32.0 Å². The SMILES string of the molecule is Cc1cccc(NC(=O)Nc2cnc(-n3ccnc3)nc2)c1C. The van der Waals surface area contributed by atoms with Crippen LogP contribution in [0.3, 0.4) is 0 Å². The number of nitrogens with zero attached hydrogens (tertiary/aromatic N) is 4. The van der Waals surface area contributed by atoms with Gasteiger partial charge < -0.3 is 10.6 Å².